The topological polar surface area (TPSA) is 59.9 Å². The standard InChI is InChI=1S/C5H3Br3N2O2S/c6-5(7,8)13(11,12)4-2-1-3-9-10-4/h1-3H. The van der Waals surface area contributed by atoms with Crippen molar-refractivity contribution in [1.82, 2.24) is 10.2 Å². The van der Waals surface area contributed by atoms with Gasteiger partial charge in [-0.1, -0.05) is 0 Å². The lowest BCUT2D eigenvalue weighted by molar-refractivity contribution is 0.593. The molecule has 0 atom stereocenters. The molecule has 1 rings (SSSR count). The van der Waals surface area contributed by atoms with Crippen LogP contribution in [0.3, 0.4) is 0 Å². The third-order valence-electron chi connectivity index (χ3n) is 1.13. The van der Waals surface area contributed by atoms with Gasteiger partial charge in [0.25, 0.3) is 0 Å². The lowest BCUT2D eigenvalue weighted by atomic mass is 10.6. The Labute approximate surface area is 100 Å². The van der Waals surface area contributed by atoms with Crippen molar-refractivity contribution in [2.24, 2.45) is 0 Å². The first-order chi connectivity index (χ1) is 5.86. The largest absolute Gasteiger partial charge is 0.241 e. The van der Waals surface area contributed by atoms with E-state index in [1.165, 1.54) is 18.3 Å². The molecule has 0 aliphatic rings. The number of aromatic nitrogens is 2. The van der Waals surface area contributed by atoms with Gasteiger partial charge in [0.1, 0.15) is 0 Å². The van der Waals surface area contributed by atoms with Crippen molar-refractivity contribution < 1.29 is 8.42 Å². The predicted molar refractivity (Wildman–Crippen MR) is 58.7 cm³/mol. The van der Waals surface area contributed by atoms with Crippen LogP contribution in [0.25, 0.3) is 0 Å². The van der Waals surface area contributed by atoms with Crippen LogP contribution in [0.15, 0.2) is 23.4 Å². The van der Waals surface area contributed by atoms with Crippen LogP contribution in [0.2, 0.25) is 0 Å². The maximum absolute atomic E-state index is 11.6. The maximum atomic E-state index is 11.6. The fraction of sp³-hybridized carbons (Fsp3) is 0.200. The highest BCUT2D eigenvalue weighted by atomic mass is 80.0. The fourth-order valence-corrected chi connectivity index (χ4v) is 2.69. The second-order valence-corrected chi connectivity index (χ2v) is 12.4. The molecule has 0 fully saturated rings. The molecule has 0 amide bonds. The zero-order valence-corrected chi connectivity index (χ0v) is 11.6. The summed E-state index contributed by atoms with van der Waals surface area (Å²) in [5.74, 6) is 0. The summed E-state index contributed by atoms with van der Waals surface area (Å²) in [6.07, 6.45) is 1.40. The first kappa shape index (κ1) is 11.5. The number of nitrogens with zero attached hydrogens (tertiary/aromatic N) is 2. The van der Waals surface area contributed by atoms with E-state index in [9.17, 15) is 8.42 Å². The summed E-state index contributed by atoms with van der Waals surface area (Å²) in [5, 5.41) is 6.85. The lowest BCUT2D eigenvalue weighted by Gasteiger charge is -2.11. The average molecular weight is 395 g/mol. The monoisotopic (exact) mass is 392 g/mol. The Balaban J connectivity index is 3.26. The first-order valence-corrected chi connectivity index (χ1v) is 6.81. The molecule has 0 N–H and O–H groups in total. The van der Waals surface area contributed by atoms with Crippen molar-refractivity contribution in [3.63, 3.8) is 0 Å². The summed E-state index contributed by atoms with van der Waals surface area (Å²) in [5.41, 5.74) is 0. The summed E-state index contributed by atoms with van der Waals surface area (Å²) in [4.78, 5) is 0. The molecular formula is C5H3Br3N2O2S. The normalized spacial score (nSPS) is 12.8. The Bertz CT molecular complexity index is 386. The minimum Gasteiger partial charge on any atom is -0.219 e. The number of alkyl halides is 3. The number of sulfone groups is 1. The van der Waals surface area contributed by atoms with E-state index in [-0.39, 0.29) is 5.03 Å². The van der Waals surface area contributed by atoms with Gasteiger partial charge in [-0.05, 0) is 59.9 Å². The van der Waals surface area contributed by atoms with E-state index in [0.717, 1.165) is 0 Å². The van der Waals surface area contributed by atoms with Crippen LogP contribution in [0.1, 0.15) is 0 Å². The molecule has 8 heteroatoms. The van der Waals surface area contributed by atoms with Crippen LogP contribution in [0.4, 0.5) is 0 Å². The second kappa shape index (κ2) is 3.92. The van der Waals surface area contributed by atoms with E-state index in [4.69, 9.17) is 0 Å². The molecule has 0 radical (unpaired) electrons. The van der Waals surface area contributed by atoms with Crippen molar-refractivity contribution >= 4 is 57.6 Å². The van der Waals surface area contributed by atoms with Gasteiger partial charge in [-0.25, -0.2) is 8.42 Å². The van der Waals surface area contributed by atoms with Gasteiger partial charge in [0, 0.05) is 6.20 Å². The van der Waals surface area contributed by atoms with Gasteiger partial charge in [-0.3, -0.25) is 0 Å². The molecule has 0 aromatic carbocycles. The van der Waals surface area contributed by atoms with Crippen LogP contribution in [-0.4, -0.2) is 20.1 Å². The Morgan fingerprint density at radius 2 is 1.92 bits per heavy atom. The Morgan fingerprint density at radius 1 is 1.31 bits per heavy atom. The smallest absolute Gasteiger partial charge is 0.219 e. The van der Waals surface area contributed by atoms with E-state index in [1.807, 2.05) is 0 Å². The third kappa shape index (κ3) is 2.48. The van der Waals surface area contributed by atoms with Gasteiger partial charge in [-0.2, -0.15) is 5.10 Å². The molecule has 0 aliphatic carbocycles. The average Bonchev–Trinajstić information content (AvgIpc) is 2.04. The molecule has 0 saturated carbocycles. The molecule has 0 spiro atoms. The molecular weight excluding hydrogens is 392 g/mol. The third-order valence-corrected chi connectivity index (χ3v) is 6.34. The molecule has 1 heterocycles. The summed E-state index contributed by atoms with van der Waals surface area (Å²) in [6.45, 7) is 0. The molecule has 1 aromatic rings. The van der Waals surface area contributed by atoms with Crippen LogP contribution < -0.4 is 0 Å². The van der Waals surface area contributed by atoms with Crippen LogP contribution >= 0.6 is 47.8 Å². The molecule has 0 unspecified atom stereocenters. The molecule has 4 nitrogen and oxygen atoms in total. The van der Waals surface area contributed by atoms with E-state index < -0.39 is 11.3 Å². The molecule has 1 aromatic heterocycles. The highest BCUT2D eigenvalue weighted by Crippen LogP contribution is 2.42. The Kier molecular flexibility index (Phi) is 3.48. The molecule has 13 heavy (non-hydrogen) atoms. The van der Waals surface area contributed by atoms with Crippen molar-refractivity contribution in [3.05, 3.63) is 18.3 Å². The number of halogens is 3. The van der Waals surface area contributed by atoms with Crippen molar-refractivity contribution in [1.29, 1.82) is 0 Å². The van der Waals surface area contributed by atoms with Crippen molar-refractivity contribution in [3.8, 4) is 0 Å². The van der Waals surface area contributed by atoms with Crippen LogP contribution in [-0.2, 0) is 9.84 Å². The summed E-state index contributed by atoms with van der Waals surface area (Å²) in [6, 6.07) is 2.86. The highest BCUT2D eigenvalue weighted by Gasteiger charge is 2.38. The maximum Gasteiger partial charge on any atom is 0.241 e. The zero-order valence-electron chi connectivity index (χ0n) is 5.99. The first-order valence-electron chi connectivity index (χ1n) is 2.95. The van der Waals surface area contributed by atoms with Gasteiger partial charge in [-0.15, -0.1) is 5.10 Å². The van der Waals surface area contributed by atoms with Crippen molar-refractivity contribution in [2.75, 3.05) is 0 Å². The lowest BCUT2D eigenvalue weighted by Crippen LogP contribution is -2.19. The molecule has 72 valence electrons. The number of hydrogen-bond acceptors (Lipinski definition) is 4. The molecule has 0 aliphatic heterocycles. The summed E-state index contributed by atoms with van der Waals surface area (Å²) >= 11 is 8.74. The fourth-order valence-electron chi connectivity index (χ4n) is 0.549. The minimum absolute atomic E-state index is 0.111. The van der Waals surface area contributed by atoms with Gasteiger partial charge in [0.15, 0.2) is 5.03 Å². The summed E-state index contributed by atoms with van der Waals surface area (Å²) in [7, 11) is -3.60. The molecule has 0 saturated heterocycles. The Morgan fingerprint density at radius 3 is 2.31 bits per heavy atom. The van der Waals surface area contributed by atoms with E-state index in [1.54, 1.807) is 0 Å². The minimum atomic E-state index is -3.60. The quantitative estimate of drug-likeness (QED) is 0.684. The van der Waals surface area contributed by atoms with E-state index in [0.29, 0.717) is 0 Å². The van der Waals surface area contributed by atoms with Gasteiger partial charge >= 0.3 is 0 Å². The number of hydrogen-bond donors (Lipinski definition) is 0. The van der Waals surface area contributed by atoms with Gasteiger partial charge < -0.3 is 0 Å². The van der Waals surface area contributed by atoms with Crippen LogP contribution in [0, 0.1) is 0 Å². The number of rotatable bonds is 1. The highest BCUT2D eigenvalue weighted by molar-refractivity contribution is 9.42. The second-order valence-electron chi connectivity index (χ2n) is 2.01. The zero-order chi connectivity index (χ0) is 10.1. The summed E-state index contributed by atoms with van der Waals surface area (Å²) < 4.78 is 21.8. The van der Waals surface area contributed by atoms with Gasteiger partial charge in [0.2, 0.25) is 11.3 Å². The van der Waals surface area contributed by atoms with Gasteiger partial charge in [0.05, 0.1) is 0 Å². The molecule has 0 bridgehead atoms. The Hall–Kier alpha value is 0.470. The SMILES string of the molecule is O=S(=O)(c1cccnn1)C(Br)(Br)Br. The van der Waals surface area contributed by atoms with Crippen LogP contribution in [0.5, 0.6) is 0 Å². The van der Waals surface area contributed by atoms with E-state index >= 15 is 0 Å². The predicted octanol–water partition coefficient (Wildman–Crippen LogP) is 2.05. The van der Waals surface area contributed by atoms with E-state index in [2.05, 4.69) is 58.0 Å². The van der Waals surface area contributed by atoms with Crippen molar-refractivity contribution in [2.45, 2.75) is 6.50 Å².